The lowest BCUT2D eigenvalue weighted by Gasteiger charge is -2.22. The quantitative estimate of drug-likeness (QED) is 0.748. The summed E-state index contributed by atoms with van der Waals surface area (Å²) < 4.78 is 10.5. The van der Waals surface area contributed by atoms with Gasteiger partial charge in [0, 0.05) is 26.3 Å². The normalized spacial score (nSPS) is 17.1. The number of aryl methyl sites for hydroxylation is 1. The Hall–Kier alpha value is -1.59. The van der Waals surface area contributed by atoms with Crippen molar-refractivity contribution >= 4 is 5.91 Å². The molecule has 0 saturated heterocycles. The van der Waals surface area contributed by atoms with E-state index in [2.05, 4.69) is 11.4 Å². The first-order valence-electron chi connectivity index (χ1n) is 7.47. The molecule has 1 aliphatic rings. The van der Waals surface area contributed by atoms with Crippen LogP contribution in [0.5, 0.6) is 5.75 Å². The third-order valence-corrected chi connectivity index (χ3v) is 3.70. The monoisotopic (exact) mass is 292 g/mol. The fourth-order valence-corrected chi connectivity index (χ4v) is 2.55. The Morgan fingerprint density at radius 3 is 3.14 bits per heavy atom. The van der Waals surface area contributed by atoms with Crippen molar-refractivity contribution in [1.29, 1.82) is 0 Å². The van der Waals surface area contributed by atoms with Gasteiger partial charge in [0.2, 0.25) is 0 Å². The summed E-state index contributed by atoms with van der Waals surface area (Å²) >= 11 is 0. The fourth-order valence-electron chi connectivity index (χ4n) is 2.55. The van der Waals surface area contributed by atoms with Crippen LogP contribution in [0.15, 0.2) is 18.2 Å². The van der Waals surface area contributed by atoms with E-state index < -0.39 is 0 Å². The maximum absolute atomic E-state index is 11.6. The SMILES string of the molecule is COCCCNC(=O)COc1ccc2c(c1)[C@H](N)CCC2. The highest BCUT2D eigenvalue weighted by molar-refractivity contribution is 5.77. The highest BCUT2D eigenvalue weighted by Gasteiger charge is 2.17. The van der Waals surface area contributed by atoms with E-state index in [1.807, 2.05) is 12.1 Å². The van der Waals surface area contributed by atoms with E-state index in [0.29, 0.717) is 18.9 Å². The minimum absolute atomic E-state index is 0.0288. The number of fused-ring (bicyclic) bond motifs is 1. The van der Waals surface area contributed by atoms with Crippen LogP contribution in [0.25, 0.3) is 0 Å². The summed E-state index contributed by atoms with van der Waals surface area (Å²) in [6.07, 6.45) is 4.02. The average molecular weight is 292 g/mol. The van der Waals surface area contributed by atoms with Crippen molar-refractivity contribution in [3.63, 3.8) is 0 Å². The van der Waals surface area contributed by atoms with Gasteiger partial charge in [-0.15, -0.1) is 0 Å². The number of methoxy groups -OCH3 is 1. The third kappa shape index (κ3) is 4.72. The molecule has 0 aromatic heterocycles. The zero-order chi connectivity index (χ0) is 15.1. The number of nitrogens with two attached hydrogens (primary N) is 1. The van der Waals surface area contributed by atoms with Crippen LogP contribution in [0, 0.1) is 0 Å². The predicted molar refractivity (Wildman–Crippen MR) is 81.3 cm³/mol. The maximum Gasteiger partial charge on any atom is 0.257 e. The Morgan fingerprint density at radius 1 is 1.48 bits per heavy atom. The third-order valence-electron chi connectivity index (χ3n) is 3.70. The molecular weight excluding hydrogens is 268 g/mol. The number of ether oxygens (including phenoxy) is 2. The predicted octanol–water partition coefficient (Wildman–Crippen LogP) is 1.55. The molecule has 0 heterocycles. The van der Waals surface area contributed by atoms with E-state index in [-0.39, 0.29) is 18.6 Å². The summed E-state index contributed by atoms with van der Waals surface area (Å²) in [5, 5.41) is 2.79. The van der Waals surface area contributed by atoms with Crippen LogP contribution in [-0.2, 0) is 16.0 Å². The molecule has 1 aromatic carbocycles. The Balaban J connectivity index is 1.81. The first kappa shape index (κ1) is 15.8. The lowest BCUT2D eigenvalue weighted by molar-refractivity contribution is -0.123. The summed E-state index contributed by atoms with van der Waals surface area (Å²) in [5.41, 5.74) is 8.57. The number of rotatable bonds is 7. The van der Waals surface area contributed by atoms with Gasteiger partial charge in [0.25, 0.3) is 5.91 Å². The topological polar surface area (TPSA) is 73.6 Å². The van der Waals surface area contributed by atoms with Crippen molar-refractivity contribution in [1.82, 2.24) is 5.32 Å². The highest BCUT2D eigenvalue weighted by atomic mass is 16.5. The standard InChI is InChI=1S/C16H24N2O3/c1-20-9-3-8-18-16(19)11-21-13-7-6-12-4-2-5-15(17)14(12)10-13/h6-7,10,15H,2-5,8-9,11,17H2,1H3,(H,18,19)/t15-/m1/s1. The molecule has 3 N–H and O–H groups in total. The average Bonchev–Trinajstić information content (AvgIpc) is 2.50. The fraction of sp³-hybridized carbons (Fsp3) is 0.562. The van der Waals surface area contributed by atoms with Gasteiger partial charge in [-0.1, -0.05) is 6.07 Å². The van der Waals surface area contributed by atoms with E-state index >= 15 is 0 Å². The molecule has 5 nitrogen and oxygen atoms in total. The van der Waals surface area contributed by atoms with Crippen molar-refractivity contribution in [2.45, 2.75) is 31.7 Å². The van der Waals surface area contributed by atoms with Crippen molar-refractivity contribution in [2.24, 2.45) is 5.73 Å². The van der Waals surface area contributed by atoms with Crippen molar-refractivity contribution < 1.29 is 14.3 Å². The van der Waals surface area contributed by atoms with Crippen LogP contribution in [0.4, 0.5) is 0 Å². The Kier molecular flexibility index (Phi) is 6.02. The Labute approximate surface area is 125 Å². The lowest BCUT2D eigenvalue weighted by atomic mass is 9.88. The van der Waals surface area contributed by atoms with E-state index in [4.69, 9.17) is 15.2 Å². The van der Waals surface area contributed by atoms with E-state index in [1.54, 1.807) is 7.11 Å². The summed E-state index contributed by atoms with van der Waals surface area (Å²) in [4.78, 5) is 11.6. The van der Waals surface area contributed by atoms with Crippen LogP contribution < -0.4 is 15.8 Å². The van der Waals surface area contributed by atoms with Crippen molar-refractivity contribution in [3.05, 3.63) is 29.3 Å². The first-order valence-corrected chi connectivity index (χ1v) is 7.47. The molecule has 0 radical (unpaired) electrons. The molecule has 116 valence electrons. The minimum atomic E-state index is -0.117. The van der Waals surface area contributed by atoms with Crippen LogP contribution in [0.2, 0.25) is 0 Å². The maximum atomic E-state index is 11.6. The van der Waals surface area contributed by atoms with Crippen LogP contribution >= 0.6 is 0 Å². The number of nitrogens with one attached hydrogen (secondary N) is 1. The molecular formula is C16H24N2O3. The second kappa shape index (κ2) is 8.00. The van der Waals surface area contributed by atoms with Crippen LogP contribution in [-0.4, -0.2) is 32.8 Å². The number of amides is 1. The van der Waals surface area contributed by atoms with Gasteiger partial charge in [-0.3, -0.25) is 4.79 Å². The molecule has 0 fully saturated rings. The molecule has 0 spiro atoms. The molecule has 0 aliphatic heterocycles. The highest BCUT2D eigenvalue weighted by Crippen LogP contribution is 2.30. The van der Waals surface area contributed by atoms with E-state index in [1.165, 1.54) is 5.56 Å². The second-order valence-electron chi connectivity index (χ2n) is 5.34. The molecule has 21 heavy (non-hydrogen) atoms. The van der Waals surface area contributed by atoms with Crippen molar-refractivity contribution in [3.8, 4) is 5.75 Å². The minimum Gasteiger partial charge on any atom is -0.484 e. The van der Waals surface area contributed by atoms with Gasteiger partial charge < -0.3 is 20.5 Å². The molecule has 1 amide bonds. The molecule has 0 saturated carbocycles. The van der Waals surface area contributed by atoms with Gasteiger partial charge in [-0.05, 0) is 48.9 Å². The van der Waals surface area contributed by atoms with E-state index in [0.717, 1.165) is 31.2 Å². The largest absolute Gasteiger partial charge is 0.484 e. The van der Waals surface area contributed by atoms with Crippen molar-refractivity contribution in [2.75, 3.05) is 26.9 Å². The van der Waals surface area contributed by atoms with Gasteiger partial charge in [0.1, 0.15) is 5.75 Å². The van der Waals surface area contributed by atoms with Gasteiger partial charge in [-0.2, -0.15) is 0 Å². The van der Waals surface area contributed by atoms with Gasteiger partial charge in [-0.25, -0.2) is 0 Å². The summed E-state index contributed by atoms with van der Waals surface area (Å²) in [7, 11) is 1.64. The van der Waals surface area contributed by atoms with E-state index in [9.17, 15) is 4.79 Å². The van der Waals surface area contributed by atoms with Gasteiger partial charge in [0.05, 0.1) is 0 Å². The summed E-state index contributed by atoms with van der Waals surface area (Å²) in [5.74, 6) is 0.589. The number of hydrogen-bond acceptors (Lipinski definition) is 4. The Morgan fingerprint density at radius 2 is 2.33 bits per heavy atom. The smallest absolute Gasteiger partial charge is 0.257 e. The van der Waals surface area contributed by atoms with Gasteiger partial charge >= 0.3 is 0 Å². The first-order chi connectivity index (χ1) is 10.2. The molecule has 1 atom stereocenters. The molecule has 0 unspecified atom stereocenters. The molecule has 1 aromatic rings. The molecule has 5 heteroatoms. The summed E-state index contributed by atoms with van der Waals surface area (Å²) in [6, 6.07) is 6.02. The number of hydrogen-bond donors (Lipinski definition) is 2. The molecule has 0 bridgehead atoms. The molecule has 2 rings (SSSR count). The zero-order valence-corrected chi connectivity index (χ0v) is 12.6. The van der Waals surface area contributed by atoms with Gasteiger partial charge in [0.15, 0.2) is 6.61 Å². The number of benzene rings is 1. The lowest BCUT2D eigenvalue weighted by Crippen LogP contribution is -2.30. The van der Waals surface area contributed by atoms with Crippen LogP contribution in [0.1, 0.15) is 36.4 Å². The van der Waals surface area contributed by atoms with Crippen LogP contribution in [0.3, 0.4) is 0 Å². The Bertz CT molecular complexity index is 477. The molecule has 1 aliphatic carbocycles. The number of carbonyl (C=O) groups is 1. The summed E-state index contributed by atoms with van der Waals surface area (Å²) in [6.45, 7) is 1.27. The zero-order valence-electron chi connectivity index (χ0n) is 12.6. The second-order valence-corrected chi connectivity index (χ2v) is 5.34. The number of carbonyl (C=O) groups excluding carboxylic acids is 1.